The average Bonchev–Trinajstić information content (AvgIpc) is 2.59. The van der Waals surface area contributed by atoms with Crippen LogP contribution < -0.4 is 0 Å². The van der Waals surface area contributed by atoms with Gasteiger partial charge in [-0.05, 0) is 31.0 Å². The molecule has 2 heteroatoms. The smallest absolute Gasteiger partial charge is 0.0633 e. The molecule has 23 heavy (non-hydrogen) atoms. The summed E-state index contributed by atoms with van der Waals surface area (Å²) < 4.78 is 0. The van der Waals surface area contributed by atoms with Crippen LogP contribution in [0.1, 0.15) is 42.5 Å². The summed E-state index contributed by atoms with van der Waals surface area (Å²) in [4.78, 5) is 2.52. The lowest BCUT2D eigenvalue weighted by atomic mass is 9.65. The first-order valence-corrected chi connectivity index (χ1v) is 8.77. The lowest BCUT2D eigenvalue weighted by molar-refractivity contribution is -0.112. The Balaban J connectivity index is 1.78. The van der Waals surface area contributed by atoms with Crippen LogP contribution in [0.25, 0.3) is 0 Å². The molecule has 120 valence electrons. The molecule has 0 radical (unpaired) electrons. The van der Waals surface area contributed by atoms with Gasteiger partial charge in [0.25, 0.3) is 0 Å². The van der Waals surface area contributed by atoms with Crippen molar-refractivity contribution in [3.8, 4) is 0 Å². The van der Waals surface area contributed by atoms with Gasteiger partial charge in [-0.3, -0.25) is 4.90 Å². The molecule has 0 spiro atoms. The zero-order chi connectivity index (χ0) is 15.8. The van der Waals surface area contributed by atoms with Gasteiger partial charge in [-0.25, -0.2) is 0 Å². The molecule has 1 aliphatic carbocycles. The van der Waals surface area contributed by atoms with Gasteiger partial charge in [0.1, 0.15) is 0 Å². The van der Waals surface area contributed by atoms with Crippen LogP contribution in [0.3, 0.4) is 0 Å². The van der Waals surface area contributed by atoms with E-state index in [0.29, 0.717) is 23.9 Å². The second-order valence-electron chi connectivity index (χ2n) is 7.13. The van der Waals surface area contributed by atoms with Crippen molar-refractivity contribution in [1.82, 2.24) is 4.90 Å². The summed E-state index contributed by atoms with van der Waals surface area (Å²) in [5.74, 6) is 0.697. The highest BCUT2D eigenvalue weighted by atomic mass is 16.3. The van der Waals surface area contributed by atoms with E-state index in [1.807, 2.05) is 0 Å². The number of hydrogen-bond donors (Lipinski definition) is 1. The van der Waals surface area contributed by atoms with Crippen molar-refractivity contribution in [3.05, 3.63) is 71.8 Å². The Hall–Kier alpha value is -1.64. The first-order chi connectivity index (χ1) is 11.3. The molecule has 1 heterocycles. The molecule has 1 saturated heterocycles. The summed E-state index contributed by atoms with van der Waals surface area (Å²) in [6.07, 6.45) is 3.29. The van der Waals surface area contributed by atoms with E-state index in [1.54, 1.807) is 0 Å². The molecular weight excluding hydrogens is 282 g/mol. The average molecular weight is 307 g/mol. The fourth-order valence-corrected chi connectivity index (χ4v) is 4.98. The molecule has 1 N–H and O–H groups in total. The standard InChI is InChI=1S/C21H25NO/c1-22-19(15-9-4-2-5-10-15)17-13-8-14-18(21(17)23)20(22)16-11-6-3-7-12-16/h2-7,9-12,17-21,23H,8,13-14H2,1H3/t17-,18+,19?,20?,21?. The van der Waals surface area contributed by atoms with Crippen molar-refractivity contribution in [2.45, 2.75) is 37.5 Å². The van der Waals surface area contributed by atoms with E-state index >= 15 is 0 Å². The van der Waals surface area contributed by atoms with E-state index in [-0.39, 0.29) is 6.10 Å². The molecule has 2 nitrogen and oxygen atoms in total. The van der Waals surface area contributed by atoms with E-state index in [1.165, 1.54) is 17.5 Å². The minimum Gasteiger partial charge on any atom is -0.392 e. The van der Waals surface area contributed by atoms with Gasteiger partial charge in [0.15, 0.2) is 0 Å². The Morgan fingerprint density at radius 1 is 0.783 bits per heavy atom. The summed E-state index contributed by atoms with van der Waals surface area (Å²) in [6.45, 7) is 0. The van der Waals surface area contributed by atoms with Gasteiger partial charge in [-0.1, -0.05) is 67.1 Å². The summed E-state index contributed by atoms with van der Waals surface area (Å²) in [7, 11) is 2.24. The van der Waals surface area contributed by atoms with Gasteiger partial charge < -0.3 is 5.11 Å². The fourth-order valence-electron chi connectivity index (χ4n) is 4.98. The highest BCUT2D eigenvalue weighted by Crippen LogP contribution is 2.52. The van der Waals surface area contributed by atoms with Gasteiger partial charge in [-0.15, -0.1) is 0 Å². The van der Waals surface area contributed by atoms with Crippen molar-refractivity contribution in [2.75, 3.05) is 7.05 Å². The van der Waals surface area contributed by atoms with Crippen LogP contribution in [0.5, 0.6) is 0 Å². The third-order valence-electron chi connectivity index (χ3n) is 5.92. The lowest BCUT2D eigenvalue weighted by Crippen LogP contribution is -2.53. The monoisotopic (exact) mass is 307 g/mol. The van der Waals surface area contributed by atoms with E-state index < -0.39 is 0 Å². The molecule has 2 fully saturated rings. The topological polar surface area (TPSA) is 23.5 Å². The molecule has 0 amide bonds. The molecule has 2 aliphatic rings. The first kappa shape index (κ1) is 14.9. The van der Waals surface area contributed by atoms with E-state index in [4.69, 9.17) is 0 Å². The molecule has 5 atom stereocenters. The Labute approximate surface area is 138 Å². The maximum Gasteiger partial charge on any atom is 0.0633 e. The number of aliphatic hydroxyl groups excluding tert-OH is 1. The van der Waals surface area contributed by atoms with Gasteiger partial charge in [-0.2, -0.15) is 0 Å². The summed E-state index contributed by atoms with van der Waals surface area (Å²) in [5.41, 5.74) is 2.67. The molecule has 2 aromatic rings. The molecule has 4 rings (SSSR count). The number of rotatable bonds is 2. The number of aliphatic hydroxyl groups is 1. The highest BCUT2D eigenvalue weighted by Gasteiger charge is 2.49. The third-order valence-corrected chi connectivity index (χ3v) is 5.92. The fraction of sp³-hybridized carbons (Fsp3) is 0.429. The van der Waals surface area contributed by atoms with E-state index in [9.17, 15) is 5.11 Å². The SMILES string of the molecule is CN1C(c2ccccc2)[C@@H]2CCC[C@@H](C2O)C1c1ccccc1. The predicted octanol–water partition coefficient (Wildman–Crippen LogP) is 4.19. The molecule has 1 aliphatic heterocycles. The van der Waals surface area contributed by atoms with Gasteiger partial charge in [0, 0.05) is 23.9 Å². The second-order valence-corrected chi connectivity index (χ2v) is 7.13. The van der Waals surface area contributed by atoms with Crippen molar-refractivity contribution < 1.29 is 5.11 Å². The van der Waals surface area contributed by atoms with Crippen LogP contribution in [0.15, 0.2) is 60.7 Å². The number of fused-ring (bicyclic) bond motifs is 2. The van der Waals surface area contributed by atoms with Crippen molar-refractivity contribution in [1.29, 1.82) is 0 Å². The molecule has 0 aromatic heterocycles. The third kappa shape index (κ3) is 2.50. The Bertz CT molecular complexity index is 586. The van der Waals surface area contributed by atoms with Gasteiger partial charge in [0.2, 0.25) is 0 Å². The molecule has 2 aromatic carbocycles. The first-order valence-electron chi connectivity index (χ1n) is 8.77. The maximum absolute atomic E-state index is 11.0. The van der Waals surface area contributed by atoms with Crippen LogP contribution in [-0.2, 0) is 0 Å². The van der Waals surface area contributed by atoms with E-state index in [0.717, 1.165) is 12.8 Å². The number of nitrogens with zero attached hydrogens (tertiary/aromatic N) is 1. The molecule has 3 unspecified atom stereocenters. The quantitative estimate of drug-likeness (QED) is 0.899. The Morgan fingerprint density at radius 3 is 1.65 bits per heavy atom. The number of benzene rings is 2. The molecule has 1 saturated carbocycles. The molecular formula is C21H25NO. The zero-order valence-corrected chi connectivity index (χ0v) is 13.7. The summed E-state index contributed by atoms with van der Waals surface area (Å²) in [5, 5.41) is 11.0. The lowest BCUT2D eigenvalue weighted by Gasteiger charge is -2.54. The minimum atomic E-state index is -0.199. The summed E-state index contributed by atoms with van der Waals surface area (Å²) in [6, 6.07) is 22.0. The second kappa shape index (κ2) is 6.10. The maximum atomic E-state index is 11.0. The van der Waals surface area contributed by atoms with Crippen molar-refractivity contribution >= 4 is 0 Å². The Kier molecular flexibility index (Phi) is 3.96. The predicted molar refractivity (Wildman–Crippen MR) is 93.0 cm³/mol. The van der Waals surface area contributed by atoms with Crippen LogP contribution in [0.2, 0.25) is 0 Å². The zero-order valence-electron chi connectivity index (χ0n) is 13.7. The normalized spacial score (nSPS) is 34.3. The largest absolute Gasteiger partial charge is 0.392 e. The number of hydrogen-bond acceptors (Lipinski definition) is 2. The number of likely N-dealkylation sites (tertiary alicyclic amines) is 1. The van der Waals surface area contributed by atoms with Crippen molar-refractivity contribution in [3.63, 3.8) is 0 Å². The van der Waals surface area contributed by atoms with Gasteiger partial charge in [0.05, 0.1) is 6.10 Å². The Morgan fingerprint density at radius 2 is 1.22 bits per heavy atom. The van der Waals surface area contributed by atoms with Gasteiger partial charge >= 0.3 is 0 Å². The minimum absolute atomic E-state index is 0.199. The van der Waals surface area contributed by atoms with Crippen LogP contribution in [0, 0.1) is 11.8 Å². The summed E-state index contributed by atoms with van der Waals surface area (Å²) >= 11 is 0. The van der Waals surface area contributed by atoms with E-state index in [2.05, 4.69) is 72.6 Å². The number of piperidine rings is 1. The highest BCUT2D eigenvalue weighted by molar-refractivity contribution is 5.27. The van der Waals surface area contributed by atoms with Crippen LogP contribution >= 0.6 is 0 Å². The van der Waals surface area contributed by atoms with Crippen LogP contribution in [0.4, 0.5) is 0 Å². The van der Waals surface area contributed by atoms with Crippen LogP contribution in [-0.4, -0.2) is 23.2 Å². The molecule has 2 bridgehead atoms. The van der Waals surface area contributed by atoms with Crippen molar-refractivity contribution in [2.24, 2.45) is 11.8 Å².